The molecule has 0 aliphatic carbocycles. The average molecular weight is 495 g/mol. The second kappa shape index (κ2) is 12.8. The van der Waals surface area contributed by atoms with Crippen LogP contribution in [0.25, 0.3) is 0 Å². The molecule has 35 heavy (non-hydrogen) atoms. The fourth-order valence-corrected chi connectivity index (χ4v) is 3.05. The van der Waals surface area contributed by atoms with E-state index in [0.717, 1.165) is 17.7 Å². The van der Waals surface area contributed by atoms with Crippen LogP contribution in [0.5, 0.6) is 0 Å². The summed E-state index contributed by atoms with van der Waals surface area (Å²) in [4.78, 5) is 37.2. The fourth-order valence-electron chi connectivity index (χ4n) is 3.05. The predicted octanol–water partition coefficient (Wildman–Crippen LogP) is 0.491. The van der Waals surface area contributed by atoms with Crippen LogP contribution >= 0.6 is 0 Å². The highest BCUT2D eigenvalue weighted by atomic mass is 19.4. The maximum Gasteiger partial charge on any atom is 0.416 e. The van der Waals surface area contributed by atoms with Gasteiger partial charge in [0.05, 0.1) is 11.6 Å². The standard InChI is InChI=1S/C23H29F3N6O3/c24-23(25,26)15-7-4-8-16(11-15)31-22(35)19(10-9-14-5-2-1-3-6-14)32-21(34)18(29)13-30-20(33)17(28)12-27/h1-8,11,17-19H,9-10,12-13,27-29H2,(H,30,33)(H,31,35)(H,32,34)/t17-,18?,19?/m1/s1. The highest BCUT2D eigenvalue weighted by molar-refractivity contribution is 5.98. The Kier molecular flexibility index (Phi) is 10.2. The number of benzene rings is 2. The Labute approximate surface area is 200 Å². The van der Waals surface area contributed by atoms with Crippen molar-refractivity contribution in [2.75, 3.05) is 18.4 Å². The molecule has 0 aromatic heterocycles. The molecule has 0 spiro atoms. The van der Waals surface area contributed by atoms with Crippen molar-refractivity contribution >= 4 is 23.4 Å². The molecule has 2 aromatic carbocycles. The molecular formula is C23H29F3N6O3. The Hall–Kier alpha value is -3.48. The number of aryl methyl sites for hydroxylation is 1. The van der Waals surface area contributed by atoms with E-state index in [4.69, 9.17) is 17.2 Å². The molecule has 190 valence electrons. The number of halogens is 3. The molecule has 0 bridgehead atoms. The average Bonchev–Trinajstić information content (AvgIpc) is 2.84. The van der Waals surface area contributed by atoms with E-state index in [1.807, 2.05) is 30.3 Å². The topological polar surface area (TPSA) is 165 Å². The van der Waals surface area contributed by atoms with Gasteiger partial charge in [-0.2, -0.15) is 13.2 Å². The summed E-state index contributed by atoms with van der Waals surface area (Å²) in [5.41, 5.74) is 16.5. The number of amides is 3. The summed E-state index contributed by atoms with van der Waals surface area (Å²) in [5.74, 6) is -2.03. The van der Waals surface area contributed by atoms with E-state index in [9.17, 15) is 27.6 Å². The molecule has 0 aliphatic heterocycles. The predicted molar refractivity (Wildman–Crippen MR) is 125 cm³/mol. The van der Waals surface area contributed by atoms with Gasteiger partial charge in [-0.25, -0.2) is 0 Å². The minimum absolute atomic E-state index is 0.0730. The van der Waals surface area contributed by atoms with Crippen molar-refractivity contribution in [3.63, 3.8) is 0 Å². The zero-order chi connectivity index (χ0) is 26.0. The van der Waals surface area contributed by atoms with E-state index in [-0.39, 0.29) is 25.2 Å². The quantitative estimate of drug-likeness (QED) is 0.266. The molecule has 3 atom stereocenters. The molecule has 0 fully saturated rings. The molecule has 0 aliphatic rings. The van der Waals surface area contributed by atoms with Gasteiger partial charge in [-0.1, -0.05) is 36.4 Å². The first-order valence-corrected chi connectivity index (χ1v) is 10.8. The molecule has 2 unspecified atom stereocenters. The van der Waals surface area contributed by atoms with Crippen LogP contribution < -0.4 is 33.2 Å². The Morgan fingerprint density at radius 3 is 2.20 bits per heavy atom. The molecule has 2 rings (SSSR count). The maximum absolute atomic E-state index is 13.0. The summed E-state index contributed by atoms with van der Waals surface area (Å²) in [6, 6.07) is 10.0. The minimum atomic E-state index is -4.58. The van der Waals surface area contributed by atoms with Crippen molar-refractivity contribution in [1.82, 2.24) is 10.6 Å². The molecule has 2 aromatic rings. The molecule has 0 radical (unpaired) electrons. The van der Waals surface area contributed by atoms with Crippen LogP contribution in [0, 0.1) is 0 Å². The smallest absolute Gasteiger partial charge is 0.353 e. The molecule has 0 saturated heterocycles. The highest BCUT2D eigenvalue weighted by Crippen LogP contribution is 2.30. The van der Waals surface area contributed by atoms with Gasteiger partial charge in [-0.3, -0.25) is 14.4 Å². The van der Waals surface area contributed by atoms with Gasteiger partial charge >= 0.3 is 6.18 Å². The van der Waals surface area contributed by atoms with Crippen LogP contribution in [0.1, 0.15) is 17.5 Å². The third-order valence-electron chi connectivity index (χ3n) is 5.08. The van der Waals surface area contributed by atoms with E-state index in [0.29, 0.717) is 6.42 Å². The largest absolute Gasteiger partial charge is 0.416 e. The van der Waals surface area contributed by atoms with Crippen LogP contribution in [0.2, 0.25) is 0 Å². The number of rotatable bonds is 11. The van der Waals surface area contributed by atoms with Crippen molar-refractivity contribution in [2.24, 2.45) is 17.2 Å². The molecule has 12 heteroatoms. The number of carbonyl (C=O) groups is 3. The van der Waals surface area contributed by atoms with Crippen LogP contribution in [0.3, 0.4) is 0 Å². The van der Waals surface area contributed by atoms with Gasteiger partial charge < -0.3 is 33.2 Å². The number of hydrogen-bond acceptors (Lipinski definition) is 6. The van der Waals surface area contributed by atoms with Gasteiger partial charge in [0.25, 0.3) is 0 Å². The van der Waals surface area contributed by atoms with E-state index in [2.05, 4.69) is 16.0 Å². The number of alkyl halides is 3. The zero-order valence-corrected chi connectivity index (χ0v) is 18.8. The zero-order valence-electron chi connectivity index (χ0n) is 18.8. The lowest BCUT2D eigenvalue weighted by atomic mass is 10.0. The number of carbonyl (C=O) groups excluding carboxylic acids is 3. The van der Waals surface area contributed by atoms with Crippen molar-refractivity contribution in [3.8, 4) is 0 Å². The Morgan fingerprint density at radius 2 is 1.57 bits per heavy atom. The van der Waals surface area contributed by atoms with Crippen LogP contribution in [-0.4, -0.2) is 48.9 Å². The van der Waals surface area contributed by atoms with Gasteiger partial charge in [-0.15, -0.1) is 0 Å². The Morgan fingerprint density at radius 1 is 0.886 bits per heavy atom. The Balaban J connectivity index is 2.10. The highest BCUT2D eigenvalue weighted by Gasteiger charge is 2.31. The first kappa shape index (κ1) is 27.8. The lowest BCUT2D eigenvalue weighted by molar-refractivity contribution is -0.137. The van der Waals surface area contributed by atoms with Crippen molar-refractivity contribution in [2.45, 2.75) is 37.1 Å². The van der Waals surface area contributed by atoms with E-state index >= 15 is 0 Å². The van der Waals surface area contributed by atoms with Crippen LogP contribution in [-0.2, 0) is 27.0 Å². The van der Waals surface area contributed by atoms with Gasteiger partial charge in [0, 0.05) is 18.8 Å². The van der Waals surface area contributed by atoms with Crippen molar-refractivity contribution in [1.29, 1.82) is 0 Å². The second-order valence-electron chi connectivity index (χ2n) is 7.85. The third-order valence-corrected chi connectivity index (χ3v) is 5.08. The summed E-state index contributed by atoms with van der Waals surface area (Å²) >= 11 is 0. The number of nitrogens with two attached hydrogens (primary N) is 3. The summed E-state index contributed by atoms with van der Waals surface area (Å²) < 4.78 is 39.0. The molecule has 9 N–H and O–H groups in total. The SMILES string of the molecule is NC[C@@H](N)C(=O)NCC(N)C(=O)NC(CCc1ccccc1)C(=O)Nc1cccc(C(F)(F)F)c1. The Bertz CT molecular complexity index is 1000. The second-order valence-corrected chi connectivity index (χ2v) is 7.85. The molecule has 0 saturated carbocycles. The summed E-state index contributed by atoms with van der Waals surface area (Å²) in [7, 11) is 0. The van der Waals surface area contributed by atoms with E-state index in [1.54, 1.807) is 0 Å². The maximum atomic E-state index is 13.0. The summed E-state index contributed by atoms with van der Waals surface area (Å²) in [5, 5.41) is 7.32. The van der Waals surface area contributed by atoms with E-state index in [1.165, 1.54) is 12.1 Å². The number of hydrogen-bond donors (Lipinski definition) is 6. The van der Waals surface area contributed by atoms with Gasteiger partial charge in [0.1, 0.15) is 12.1 Å². The normalized spacial score (nSPS) is 13.9. The van der Waals surface area contributed by atoms with Crippen molar-refractivity contribution < 1.29 is 27.6 Å². The van der Waals surface area contributed by atoms with Gasteiger partial charge in [0.15, 0.2) is 0 Å². The van der Waals surface area contributed by atoms with Crippen LogP contribution in [0.15, 0.2) is 54.6 Å². The summed E-state index contributed by atoms with van der Waals surface area (Å²) in [6.07, 6.45) is -4.03. The van der Waals surface area contributed by atoms with Gasteiger partial charge in [-0.05, 0) is 36.6 Å². The monoisotopic (exact) mass is 494 g/mol. The van der Waals surface area contributed by atoms with Gasteiger partial charge in [0.2, 0.25) is 17.7 Å². The molecule has 3 amide bonds. The number of nitrogens with one attached hydrogen (secondary N) is 3. The first-order chi connectivity index (χ1) is 16.5. The fraction of sp³-hybridized carbons (Fsp3) is 0.348. The minimum Gasteiger partial charge on any atom is -0.353 e. The first-order valence-electron chi connectivity index (χ1n) is 10.8. The van der Waals surface area contributed by atoms with Crippen molar-refractivity contribution in [3.05, 3.63) is 65.7 Å². The third kappa shape index (κ3) is 9.00. The molecule has 0 heterocycles. The number of anilines is 1. The lowest BCUT2D eigenvalue weighted by Gasteiger charge is -2.21. The van der Waals surface area contributed by atoms with E-state index < -0.39 is 47.6 Å². The molecule has 9 nitrogen and oxygen atoms in total. The summed E-state index contributed by atoms with van der Waals surface area (Å²) in [6.45, 7) is -0.344. The molecular weight excluding hydrogens is 465 g/mol. The van der Waals surface area contributed by atoms with Crippen LogP contribution in [0.4, 0.5) is 18.9 Å². The lowest BCUT2D eigenvalue weighted by Crippen LogP contribution is -2.55.